The van der Waals surface area contributed by atoms with Gasteiger partial charge < -0.3 is 5.73 Å². The van der Waals surface area contributed by atoms with Gasteiger partial charge in [-0.25, -0.2) is 4.39 Å². The fourth-order valence-electron chi connectivity index (χ4n) is 2.58. The van der Waals surface area contributed by atoms with E-state index in [9.17, 15) is 4.39 Å². The lowest BCUT2D eigenvalue weighted by atomic mass is 9.97. The zero-order valence-electron chi connectivity index (χ0n) is 10.8. The molecule has 2 unspecified atom stereocenters. The normalized spacial score (nSPS) is 21.4. The summed E-state index contributed by atoms with van der Waals surface area (Å²) in [5, 5.41) is 0. The summed E-state index contributed by atoms with van der Waals surface area (Å²) in [4.78, 5) is 2.31. The van der Waals surface area contributed by atoms with Crippen LogP contribution in [0, 0.1) is 11.7 Å². The molecule has 1 fully saturated rings. The van der Waals surface area contributed by atoms with Gasteiger partial charge in [0, 0.05) is 19.1 Å². The van der Waals surface area contributed by atoms with Crippen LogP contribution in [-0.4, -0.2) is 36.0 Å². The number of nitrogens with zero attached hydrogens (tertiary/aromatic N) is 1. The Morgan fingerprint density at radius 2 is 2.17 bits per heavy atom. The summed E-state index contributed by atoms with van der Waals surface area (Å²) in [5.41, 5.74) is 7.06. The number of nitrogens with two attached hydrogens (primary N) is 1. The van der Waals surface area contributed by atoms with E-state index in [0.29, 0.717) is 18.5 Å². The summed E-state index contributed by atoms with van der Waals surface area (Å²) in [6, 6.07) is 7.18. The second-order valence-electron chi connectivity index (χ2n) is 4.97. The molecule has 1 aromatic carbocycles. The molecule has 0 radical (unpaired) electrons. The van der Waals surface area contributed by atoms with E-state index >= 15 is 0 Å². The van der Waals surface area contributed by atoms with Crippen LogP contribution in [0.2, 0.25) is 0 Å². The standard InChI is InChI=1S/C14H21FN2S/c1-17(9-11-2-4-13(15)5-3-11)14(8-16)12-6-7-18-10-12/h2-5,12,14H,6-10,16H2,1H3. The monoisotopic (exact) mass is 268 g/mol. The zero-order chi connectivity index (χ0) is 13.0. The van der Waals surface area contributed by atoms with Crippen LogP contribution in [0.25, 0.3) is 0 Å². The molecule has 1 aromatic rings. The molecule has 0 bridgehead atoms. The van der Waals surface area contributed by atoms with E-state index in [0.717, 1.165) is 12.1 Å². The summed E-state index contributed by atoms with van der Waals surface area (Å²) in [6.45, 7) is 1.53. The van der Waals surface area contributed by atoms with Crippen molar-refractivity contribution in [2.45, 2.75) is 19.0 Å². The van der Waals surface area contributed by atoms with E-state index in [1.54, 1.807) is 0 Å². The lowest BCUT2D eigenvalue weighted by molar-refractivity contribution is 0.184. The van der Waals surface area contributed by atoms with Crippen LogP contribution in [0.5, 0.6) is 0 Å². The number of hydrogen-bond donors (Lipinski definition) is 1. The van der Waals surface area contributed by atoms with Gasteiger partial charge in [0.1, 0.15) is 5.82 Å². The molecule has 0 saturated carbocycles. The fraction of sp³-hybridized carbons (Fsp3) is 0.571. The van der Waals surface area contributed by atoms with Crippen molar-refractivity contribution >= 4 is 11.8 Å². The number of rotatable bonds is 5. The molecular formula is C14H21FN2S. The molecule has 0 amide bonds. The summed E-state index contributed by atoms with van der Waals surface area (Å²) >= 11 is 2.02. The van der Waals surface area contributed by atoms with Gasteiger partial charge in [-0.05, 0) is 48.6 Å². The van der Waals surface area contributed by atoms with Crippen LogP contribution in [0.4, 0.5) is 4.39 Å². The van der Waals surface area contributed by atoms with Gasteiger partial charge >= 0.3 is 0 Å². The highest BCUT2D eigenvalue weighted by atomic mass is 32.2. The van der Waals surface area contributed by atoms with E-state index in [4.69, 9.17) is 5.73 Å². The van der Waals surface area contributed by atoms with Crippen LogP contribution >= 0.6 is 11.8 Å². The highest BCUT2D eigenvalue weighted by molar-refractivity contribution is 7.99. The summed E-state index contributed by atoms with van der Waals surface area (Å²) in [6.07, 6.45) is 1.26. The molecular weight excluding hydrogens is 247 g/mol. The molecule has 0 aromatic heterocycles. The molecule has 4 heteroatoms. The second-order valence-corrected chi connectivity index (χ2v) is 6.12. The minimum Gasteiger partial charge on any atom is -0.329 e. The molecule has 2 N–H and O–H groups in total. The SMILES string of the molecule is CN(Cc1ccc(F)cc1)C(CN)C1CCSC1. The van der Waals surface area contributed by atoms with Crippen LogP contribution in [0.3, 0.4) is 0 Å². The van der Waals surface area contributed by atoms with Gasteiger partial charge in [0.05, 0.1) is 0 Å². The van der Waals surface area contributed by atoms with Crippen molar-refractivity contribution in [3.8, 4) is 0 Å². The minimum absolute atomic E-state index is 0.177. The topological polar surface area (TPSA) is 29.3 Å². The number of halogens is 1. The number of benzene rings is 1. The molecule has 18 heavy (non-hydrogen) atoms. The van der Waals surface area contributed by atoms with E-state index in [1.165, 1.54) is 30.1 Å². The molecule has 100 valence electrons. The van der Waals surface area contributed by atoms with Gasteiger partial charge in [-0.3, -0.25) is 4.90 Å². The number of thioether (sulfide) groups is 1. The van der Waals surface area contributed by atoms with Gasteiger partial charge in [-0.1, -0.05) is 12.1 Å². The Morgan fingerprint density at radius 3 is 2.72 bits per heavy atom. The Balaban J connectivity index is 1.96. The third-order valence-corrected chi connectivity index (χ3v) is 4.85. The van der Waals surface area contributed by atoms with Crippen LogP contribution in [0.15, 0.2) is 24.3 Å². The Labute approximate surface area is 113 Å². The lowest BCUT2D eigenvalue weighted by Crippen LogP contribution is -2.43. The molecule has 2 atom stereocenters. The average Bonchev–Trinajstić information content (AvgIpc) is 2.87. The summed E-state index contributed by atoms with van der Waals surface area (Å²) < 4.78 is 12.9. The van der Waals surface area contributed by atoms with Crippen molar-refractivity contribution in [3.63, 3.8) is 0 Å². The second kappa shape index (κ2) is 6.55. The van der Waals surface area contributed by atoms with E-state index in [-0.39, 0.29) is 5.82 Å². The molecule has 1 heterocycles. The molecule has 2 rings (SSSR count). The van der Waals surface area contributed by atoms with Crippen molar-refractivity contribution in [3.05, 3.63) is 35.6 Å². The predicted molar refractivity (Wildman–Crippen MR) is 76.1 cm³/mol. The maximum Gasteiger partial charge on any atom is 0.123 e. The first-order valence-electron chi connectivity index (χ1n) is 6.43. The van der Waals surface area contributed by atoms with Gasteiger partial charge in [0.2, 0.25) is 0 Å². The largest absolute Gasteiger partial charge is 0.329 e. The zero-order valence-corrected chi connectivity index (χ0v) is 11.6. The van der Waals surface area contributed by atoms with Crippen molar-refractivity contribution in [1.29, 1.82) is 0 Å². The third kappa shape index (κ3) is 3.46. The first-order chi connectivity index (χ1) is 8.70. The third-order valence-electron chi connectivity index (χ3n) is 3.66. The fourth-order valence-corrected chi connectivity index (χ4v) is 3.91. The molecule has 1 aliphatic heterocycles. The van der Waals surface area contributed by atoms with Gasteiger partial charge in [-0.15, -0.1) is 0 Å². The maximum atomic E-state index is 12.9. The van der Waals surface area contributed by atoms with E-state index in [2.05, 4.69) is 11.9 Å². The quantitative estimate of drug-likeness (QED) is 0.889. The first-order valence-corrected chi connectivity index (χ1v) is 7.58. The van der Waals surface area contributed by atoms with Gasteiger partial charge in [-0.2, -0.15) is 11.8 Å². The Morgan fingerprint density at radius 1 is 1.44 bits per heavy atom. The molecule has 1 aliphatic rings. The molecule has 0 spiro atoms. The Kier molecular flexibility index (Phi) is 5.03. The molecule has 2 nitrogen and oxygen atoms in total. The maximum absolute atomic E-state index is 12.9. The minimum atomic E-state index is -0.177. The average molecular weight is 268 g/mol. The summed E-state index contributed by atoms with van der Waals surface area (Å²) in [7, 11) is 2.11. The van der Waals surface area contributed by atoms with Crippen molar-refractivity contribution in [2.24, 2.45) is 11.7 Å². The first kappa shape index (κ1) is 13.8. The van der Waals surface area contributed by atoms with E-state index < -0.39 is 0 Å². The van der Waals surface area contributed by atoms with Crippen LogP contribution in [-0.2, 0) is 6.54 Å². The Bertz CT molecular complexity index is 363. The predicted octanol–water partition coefficient (Wildman–Crippen LogP) is 2.34. The summed E-state index contributed by atoms with van der Waals surface area (Å²) in [5.74, 6) is 3.00. The number of likely N-dealkylation sites (N-methyl/N-ethyl adjacent to an activating group) is 1. The smallest absolute Gasteiger partial charge is 0.123 e. The van der Waals surface area contributed by atoms with Gasteiger partial charge in [0.15, 0.2) is 0 Å². The van der Waals surface area contributed by atoms with Crippen molar-refractivity contribution < 1.29 is 4.39 Å². The Hall–Kier alpha value is -0.580. The highest BCUT2D eigenvalue weighted by Gasteiger charge is 2.27. The number of hydrogen-bond acceptors (Lipinski definition) is 3. The van der Waals surface area contributed by atoms with Crippen LogP contribution < -0.4 is 5.73 Å². The van der Waals surface area contributed by atoms with Crippen LogP contribution in [0.1, 0.15) is 12.0 Å². The van der Waals surface area contributed by atoms with Gasteiger partial charge in [0.25, 0.3) is 0 Å². The lowest BCUT2D eigenvalue weighted by Gasteiger charge is -2.31. The molecule has 0 aliphatic carbocycles. The highest BCUT2D eigenvalue weighted by Crippen LogP contribution is 2.28. The van der Waals surface area contributed by atoms with Crippen molar-refractivity contribution in [1.82, 2.24) is 4.90 Å². The van der Waals surface area contributed by atoms with E-state index in [1.807, 2.05) is 23.9 Å². The van der Waals surface area contributed by atoms with Crippen molar-refractivity contribution in [2.75, 3.05) is 25.1 Å². The molecule has 1 saturated heterocycles.